The van der Waals surface area contributed by atoms with Crippen molar-refractivity contribution in [3.63, 3.8) is 0 Å². The number of benzene rings is 2. The lowest BCUT2D eigenvalue weighted by Crippen LogP contribution is -2.32. The largest absolute Gasteiger partial charge is 0.378 e. The second-order valence-electron chi connectivity index (χ2n) is 6.06. The van der Waals surface area contributed by atoms with Gasteiger partial charge in [0.2, 0.25) is 5.91 Å². The van der Waals surface area contributed by atoms with Gasteiger partial charge in [0.05, 0.1) is 18.6 Å². The van der Waals surface area contributed by atoms with Gasteiger partial charge in [-0.3, -0.25) is 4.79 Å². The predicted molar refractivity (Wildman–Crippen MR) is 91.1 cm³/mol. The smallest absolute Gasteiger partial charge is 0.223 e. The monoisotopic (exact) mass is 309 g/mol. The Labute approximate surface area is 137 Å². The third-order valence-electron chi connectivity index (χ3n) is 4.26. The SMILES string of the molecule is O=C(C[C@H]1CCCO1)N[C@H](Cc1ccccc1)c1ccccc1. The van der Waals surface area contributed by atoms with Crippen molar-refractivity contribution in [2.45, 2.75) is 37.8 Å². The quantitative estimate of drug-likeness (QED) is 0.884. The van der Waals surface area contributed by atoms with Gasteiger partial charge >= 0.3 is 0 Å². The van der Waals surface area contributed by atoms with Crippen LogP contribution in [0.4, 0.5) is 0 Å². The van der Waals surface area contributed by atoms with Gasteiger partial charge in [0.15, 0.2) is 0 Å². The molecule has 2 atom stereocenters. The molecule has 0 aromatic heterocycles. The Hall–Kier alpha value is -2.13. The van der Waals surface area contributed by atoms with Gasteiger partial charge in [-0.05, 0) is 30.4 Å². The summed E-state index contributed by atoms with van der Waals surface area (Å²) in [6, 6.07) is 20.4. The molecule has 120 valence electrons. The molecular weight excluding hydrogens is 286 g/mol. The first-order chi connectivity index (χ1) is 11.3. The molecule has 1 amide bonds. The van der Waals surface area contributed by atoms with E-state index in [1.807, 2.05) is 36.4 Å². The first-order valence-electron chi connectivity index (χ1n) is 8.31. The summed E-state index contributed by atoms with van der Waals surface area (Å²) in [5.41, 5.74) is 2.36. The second kappa shape index (κ2) is 7.93. The minimum Gasteiger partial charge on any atom is -0.378 e. The number of hydrogen-bond donors (Lipinski definition) is 1. The lowest BCUT2D eigenvalue weighted by molar-refractivity contribution is -0.124. The highest BCUT2D eigenvalue weighted by atomic mass is 16.5. The number of carbonyl (C=O) groups is 1. The summed E-state index contributed by atoms with van der Waals surface area (Å²) in [4.78, 5) is 12.4. The Balaban J connectivity index is 1.68. The van der Waals surface area contributed by atoms with Crippen LogP contribution in [0.2, 0.25) is 0 Å². The van der Waals surface area contributed by atoms with Crippen LogP contribution in [0, 0.1) is 0 Å². The molecule has 0 spiro atoms. The Morgan fingerprint density at radius 2 is 1.78 bits per heavy atom. The molecule has 3 heteroatoms. The number of amides is 1. The molecular formula is C20H23NO2. The van der Waals surface area contributed by atoms with E-state index >= 15 is 0 Å². The first-order valence-corrected chi connectivity index (χ1v) is 8.31. The third-order valence-corrected chi connectivity index (χ3v) is 4.26. The minimum absolute atomic E-state index is 0.00694. The maximum atomic E-state index is 12.4. The van der Waals surface area contributed by atoms with Gasteiger partial charge in [0.25, 0.3) is 0 Å². The van der Waals surface area contributed by atoms with E-state index in [4.69, 9.17) is 4.74 Å². The Bertz CT molecular complexity index is 606. The fourth-order valence-corrected chi connectivity index (χ4v) is 3.05. The zero-order valence-electron chi connectivity index (χ0n) is 13.3. The van der Waals surface area contributed by atoms with Crippen LogP contribution >= 0.6 is 0 Å². The fraction of sp³-hybridized carbons (Fsp3) is 0.350. The summed E-state index contributed by atoms with van der Waals surface area (Å²) >= 11 is 0. The maximum Gasteiger partial charge on any atom is 0.223 e. The maximum absolute atomic E-state index is 12.4. The zero-order chi connectivity index (χ0) is 15.9. The molecule has 3 rings (SSSR count). The van der Waals surface area contributed by atoms with Crippen LogP contribution in [-0.2, 0) is 16.0 Å². The molecule has 1 heterocycles. The van der Waals surface area contributed by atoms with Crippen LogP contribution in [0.1, 0.15) is 36.4 Å². The van der Waals surface area contributed by atoms with Crippen molar-refractivity contribution in [2.75, 3.05) is 6.61 Å². The molecule has 2 aromatic rings. The molecule has 2 aromatic carbocycles. The molecule has 0 bridgehead atoms. The predicted octanol–water partition coefficient (Wildman–Crippen LogP) is 3.66. The molecule has 23 heavy (non-hydrogen) atoms. The standard InChI is InChI=1S/C20H23NO2/c22-20(15-18-12-7-13-23-18)21-19(17-10-5-2-6-11-17)14-16-8-3-1-4-9-16/h1-6,8-11,18-19H,7,12-15H2,(H,21,22)/t18-,19-/m1/s1. The van der Waals surface area contributed by atoms with Crippen molar-refractivity contribution in [1.29, 1.82) is 0 Å². The highest BCUT2D eigenvalue weighted by molar-refractivity contribution is 5.77. The molecule has 0 radical (unpaired) electrons. The van der Waals surface area contributed by atoms with E-state index in [1.165, 1.54) is 5.56 Å². The zero-order valence-corrected chi connectivity index (χ0v) is 13.3. The molecule has 1 aliphatic heterocycles. The number of hydrogen-bond acceptors (Lipinski definition) is 2. The summed E-state index contributed by atoms with van der Waals surface area (Å²) < 4.78 is 5.57. The van der Waals surface area contributed by atoms with E-state index in [0.29, 0.717) is 6.42 Å². The van der Waals surface area contributed by atoms with E-state index in [1.54, 1.807) is 0 Å². The lowest BCUT2D eigenvalue weighted by Gasteiger charge is -2.20. The Morgan fingerprint density at radius 1 is 1.09 bits per heavy atom. The van der Waals surface area contributed by atoms with Gasteiger partial charge < -0.3 is 10.1 Å². The highest BCUT2D eigenvalue weighted by Crippen LogP contribution is 2.20. The van der Waals surface area contributed by atoms with Crippen LogP contribution in [0.3, 0.4) is 0 Å². The van der Waals surface area contributed by atoms with Crippen LogP contribution in [0.25, 0.3) is 0 Å². The van der Waals surface area contributed by atoms with Gasteiger partial charge in [-0.25, -0.2) is 0 Å². The van der Waals surface area contributed by atoms with Crippen molar-refractivity contribution in [1.82, 2.24) is 5.32 Å². The minimum atomic E-state index is -0.00694. The average molecular weight is 309 g/mol. The molecule has 1 N–H and O–H groups in total. The molecule has 1 saturated heterocycles. The second-order valence-corrected chi connectivity index (χ2v) is 6.06. The number of ether oxygens (including phenoxy) is 1. The summed E-state index contributed by atoms with van der Waals surface area (Å²) in [6.07, 6.45) is 3.38. The van der Waals surface area contributed by atoms with E-state index < -0.39 is 0 Å². The molecule has 1 aliphatic rings. The first kappa shape index (κ1) is 15.8. The summed E-state index contributed by atoms with van der Waals surface area (Å²) in [7, 11) is 0. The lowest BCUT2D eigenvalue weighted by atomic mass is 9.98. The van der Waals surface area contributed by atoms with E-state index in [0.717, 1.165) is 31.4 Å². The Kier molecular flexibility index (Phi) is 5.43. The van der Waals surface area contributed by atoms with Gasteiger partial charge in [0.1, 0.15) is 0 Å². The van der Waals surface area contributed by atoms with Gasteiger partial charge in [0, 0.05) is 6.61 Å². The van der Waals surface area contributed by atoms with E-state index in [-0.39, 0.29) is 18.1 Å². The normalized spacial score (nSPS) is 18.5. The Morgan fingerprint density at radius 3 is 2.43 bits per heavy atom. The van der Waals surface area contributed by atoms with Crippen molar-refractivity contribution >= 4 is 5.91 Å². The number of nitrogens with one attached hydrogen (secondary N) is 1. The number of rotatable bonds is 6. The van der Waals surface area contributed by atoms with Crippen molar-refractivity contribution < 1.29 is 9.53 Å². The molecule has 0 saturated carbocycles. The molecule has 0 unspecified atom stereocenters. The van der Waals surface area contributed by atoms with Gasteiger partial charge in [-0.2, -0.15) is 0 Å². The van der Waals surface area contributed by atoms with Gasteiger partial charge in [-0.15, -0.1) is 0 Å². The fourth-order valence-electron chi connectivity index (χ4n) is 3.05. The van der Waals surface area contributed by atoms with Crippen LogP contribution < -0.4 is 5.32 Å². The third kappa shape index (κ3) is 4.67. The van der Waals surface area contributed by atoms with Crippen LogP contribution in [0.15, 0.2) is 60.7 Å². The molecule has 1 fully saturated rings. The van der Waals surface area contributed by atoms with Crippen LogP contribution in [-0.4, -0.2) is 18.6 Å². The number of carbonyl (C=O) groups excluding carboxylic acids is 1. The molecule has 0 aliphatic carbocycles. The summed E-state index contributed by atoms with van der Waals surface area (Å²) in [6.45, 7) is 0.782. The van der Waals surface area contributed by atoms with Gasteiger partial charge in [-0.1, -0.05) is 60.7 Å². The highest BCUT2D eigenvalue weighted by Gasteiger charge is 2.21. The topological polar surface area (TPSA) is 38.3 Å². The van der Waals surface area contributed by atoms with E-state index in [2.05, 4.69) is 29.6 Å². The van der Waals surface area contributed by atoms with Crippen molar-refractivity contribution in [3.8, 4) is 0 Å². The average Bonchev–Trinajstić information content (AvgIpc) is 3.09. The van der Waals surface area contributed by atoms with Crippen molar-refractivity contribution in [2.24, 2.45) is 0 Å². The van der Waals surface area contributed by atoms with E-state index in [9.17, 15) is 4.79 Å². The summed E-state index contributed by atoms with van der Waals surface area (Å²) in [5, 5.41) is 3.19. The van der Waals surface area contributed by atoms with Crippen LogP contribution in [0.5, 0.6) is 0 Å². The molecule has 3 nitrogen and oxygen atoms in total. The van der Waals surface area contributed by atoms with Crippen molar-refractivity contribution in [3.05, 3.63) is 71.8 Å². The summed E-state index contributed by atoms with van der Waals surface area (Å²) in [5.74, 6) is 0.0710.